The van der Waals surface area contributed by atoms with Gasteiger partial charge in [-0.05, 0) is 55.8 Å². The summed E-state index contributed by atoms with van der Waals surface area (Å²) < 4.78 is 13.0. The van der Waals surface area contributed by atoms with Crippen molar-refractivity contribution >= 4 is 24.0 Å². The van der Waals surface area contributed by atoms with Crippen LogP contribution in [0.3, 0.4) is 0 Å². The van der Waals surface area contributed by atoms with Crippen molar-refractivity contribution in [2.24, 2.45) is 0 Å². The number of carbonyl (C=O) groups excluding carboxylic acids is 1. The van der Waals surface area contributed by atoms with Crippen LogP contribution in [0.5, 0.6) is 0 Å². The topological polar surface area (TPSA) is 36.4 Å². The molecule has 4 nitrogen and oxygen atoms in total. The van der Waals surface area contributed by atoms with Gasteiger partial charge < -0.3 is 9.80 Å². The van der Waals surface area contributed by atoms with E-state index in [1.807, 2.05) is 18.2 Å². The smallest absolute Gasteiger partial charge is 0.168 e. The Bertz CT molecular complexity index is 745. The second-order valence-electron chi connectivity index (χ2n) is 6.87. The summed E-state index contributed by atoms with van der Waals surface area (Å²) in [6, 6.07) is 12.0. The van der Waals surface area contributed by atoms with Gasteiger partial charge in [-0.1, -0.05) is 13.0 Å². The van der Waals surface area contributed by atoms with Crippen LogP contribution in [0.1, 0.15) is 35.8 Å². The highest BCUT2D eigenvalue weighted by Gasteiger charge is 2.22. The van der Waals surface area contributed by atoms with Crippen molar-refractivity contribution in [3.63, 3.8) is 0 Å². The number of halogens is 2. The monoisotopic (exact) mass is 391 g/mol. The molecular formula is C21H27ClFN3O. The van der Waals surface area contributed by atoms with Gasteiger partial charge in [-0.3, -0.25) is 4.79 Å². The fraction of sp³-hybridized carbons (Fsp3) is 0.429. The van der Waals surface area contributed by atoms with Crippen LogP contribution in [0.4, 0.5) is 10.2 Å². The van der Waals surface area contributed by atoms with Gasteiger partial charge in [0, 0.05) is 31.7 Å². The van der Waals surface area contributed by atoms with E-state index in [2.05, 4.69) is 28.8 Å². The second kappa shape index (κ2) is 9.81. The van der Waals surface area contributed by atoms with E-state index in [1.54, 1.807) is 0 Å². The minimum absolute atomic E-state index is 0. The molecule has 0 unspecified atom stereocenters. The molecule has 0 bridgehead atoms. The van der Waals surface area contributed by atoms with Crippen LogP contribution >= 0.6 is 12.4 Å². The number of ketones is 1. The highest BCUT2D eigenvalue weighted by molar-refractivity contribution is 5.97. The standard InChI is InChI=1S/C21H26FN3O.ClH/c1-3-25-13-11-19(12-14-25)24(2)21-6-4-5-18(23-21)15-20(26)16-7-9-17(22)10-8-16;/h4-10,19H,3,11-15H2,1-2H3;1H. The number of aromatic nitrogens is 1. The number of nitrogens with zero attached hydrogens (tertiary/aromatic N) is 3. The Morgan fingerprint density at radius 1 is 1.19 bits per heavy atom. The van der Waals surface area contributed by atoms with Gasteiger partial charge in [0.1, 0.15) is 11.6 Å². The van der Waals surface area contributed by atoms with E-state index in [-0.39, 0.29) is 30.4 Å². The van der Waals surface area contributed by atoms with Crippen molar-refractivity contribution in [1.29, 1.82) is 0 Å². The lowest BCUT2D eigenvalue weighted by Crippen LogP contribution is -2.43. The first-order chi connectivity index (χ1) is 12.6. The van der Waals surface area contributed by atoms with E-state index in [0.717, 1.165) is 44.0 Å². The second-order valence-corrected chi connectivity index (χ2v) is 6.87. The number of hydrogen-bond acceptors (Lipinski definition) is 4. The molecule has 0 atom stereocenters. The van der Waals surface area contributed by atoms with Crippen LogP contribution in [0.25, 0.3) is 0 Å². The maximum atomic E-state index is 13.0. The van der Waals surface area contributed by atoms with Crippen molar-refractivity contribution in [2.45, 2.75) is 32.2 Å². The van der Waals surface area contributed by atoms with Crippen LogP contribution in [-0.2, 0) is 6.42 Å². The highest BCUT2D eigenvalue weighted by Crippen LogP contribution is 2.21. The molecule has 1 saturated heterocycles. The van der Waals surface area contributed by atoms with Gasteiger partial charge >= 0.3 is 0 Å². The molecule has 0 N–H and O–H groups in total. The summed E-state index contributed by atoms with van der Waals surface area (Å²) in [6.45, 7) is 5.55. The van der Waals surface area contributed by atoms with Gasteiger partial charge in [0.25, 0.3) is 0 Å². The first-order valence-electron chi connectivity index (χ1n) is 9.26. The van der Waals surface area contributed by atoms with Gasteiger partial charge in [-0.25, -0.2) is 9.37 Å². The predicted molar refractivity (Wildman–Crippen MR) is 109 cm³/mol. The molecule has 0 saturated carbocycles. The van der Waals surface area contributed by atoms with Crippen LogP contribution in [0.15, 0.2) is 42.5 Å². The number of piperidine rings is 1. The third kappa shape index (κ3) is 5.50. The van der Waals surface area contributed by atoms with Crippen molar-refractivity contribution in [1.82, 2.24) is 9.88 Å². The maximum absolute atomic E-state index is 13.0. The first kappa shape index (κ1) is 21.3. The van der Waals surface area contributed by atoms with Crippen LogP contribution in [-0.4, -0.2) is 48.4 Å². The largest absolute Gasteiger partial charge is 0.357 e. The lowest BCUT2D eigenvalue weighted by atomic mass is 10.0. The molecule has 1 aliphatic rings. The molecule has 3 rings (SSSR count). The van der Waals surface area contributed by atoms with E-state index in [1.165, 1.54) is 24.3 Å². The molecule has 2 heterocycles. The number of likely N-dealkylation sites (tertiary alicyclic amines) is 1. The molecule has 27 heavy (non-hydrogen) atoms. The summed E-state index contributed by atoms with van der Waals surface area (Å²) in [6.07, 6.45) is 2.48. The Kier molecular flexibility index (Phi) is 7.75. The Hall–Kier alpha value is -1.98. The third-order valence-electron chi connectivity index (χ3n) is 5.21. The third-order valence-corrected chi connectivity index (χ3v) is 5.21. The fourth-order valence-electron chi connectivity index (χ4n) is 3.47. The fourth-order valence-corrected chi connectivity index (χ4v) is 3.47. The molecule has 0 spiro atoms. The number of anilines is 1. The Morgan fingerprint density at radius 2 is 1.85 bits per heavy atom. The number of carbonyl (C=O) groups is 1. The predicted octanol–water partition coefficient (Wildman–Crippen LogP) is 3.99. The molecule has 1 aromatic carbocycles. The zero-order valence-corrected chi connectivity index (χ0v) is 16.7. The normalized spacial score (nSPS) is 15.2. The summed E-state index contributed by atoms with van der Waals surface area (Å²) in [4.78, 5) is 21.8. The minimum atomic E-state index is -0.336. The first-order valence-corrected chi connectivity index (χ1v) is 9.26. The van der Waals surface area contributed by atoms with Gasteiger partial charge in [-0.2, -0.15) is 0 Å². The molecule has 1 aliphatic heterocycles. The Balaban J connectivity index is 0.00000261. The van der Waals surface area contributed by atoms with Gasteiger partial charge in [0.15, 0.2) is 5.78 Å². The molecule has 1 aromatic heterocycles. The SMILES string of the molecule is CCN1CCC(N(C)c2cccc(CC(=O)c3ccc(F)cc3)n2)CC1.Cl. The van der Waals surface area contributed by atoms with Crippen LogP contribution in [0.2, 0.25) is 0 Å². The summed E-state index contributed by atoms with van der Waals surface area (Å²) in [5.74, 6) is 0.523. The van der Waals surface area contributed by atoms with Crippen molar-refractivity contribution in [3.8, 4) is 0 Å². The molecule has 0 amide bonds. The highest BCUT2D eigenvalue weighted by atomic mass is 35.5. The average Bonchev–Trinajstić information content (AvgIpc) is 2.68. The lowest BCUT2D eigenvalue weighted by molar-refractivity contribution is 0.0992. The molecule has 0 aliphatic carbocycles. The number of rotatable bonds is 6. The molecule has 146 valence electrons. The molecular weight excluding hydrogens is 365 g/mol. The summed E-state index contributed by atoms with van der Waals surface area (Å²) in [5.41, 5.74) is 1.26. The zero-order chi connectivity index (χ0) is 18.5. The molecule has 2 aromatic rings. The number of hydrogen-bond donors (Lipinski definition) is 0. The van der Waals surface area contributed by atoms with E-state index in [0.29, 0.717) is 11.6 Å². The molecule has 1 fully saturated rings. The number of pyridine rings is 1. The molecule has 6 heteroatoms. The number of benzene rings is 1. The van der Waals surface area contributed by atoms with E-state index >= 15 is 0 Å². The van der Waals surface area contributed by atoms with Crippen molar-refractivity contribution < 1.29 is 9.18 Å². The van der Waals surface area contributed by atoms with Gasteiger partial charge in [-0.15, -0.1) is 12.4 Å². The van der Waals surface area contributed by atoms with Crippen LogP contribution in [0, 0.1) is 5.82 Å². The Morgan fingerprint density at radius 3 is 2.48 bits per heavy atom. The summed E-state index contributed by atoms with van der Waals surface area (Å²) >= 11 is 0. The quantitative estimate of drug-likeness (QED) is 0.698. The average molecular weight is 392 g/mol. The Labute approximate surface area is 166 Å². The molecule has 0 radical (unpaired) electrons. The van der Waals surface area contributed by atoms with E-state index in [4.69, 9.17) is 0 Å². The minimum Gasteiger partial charge on any atom is -0.357 e. The van der Waals surface area contributed by atoms with Crippen molar-refractivity contribution in [3.05, 3.63) is 59.5 Å². The van der Waals surface area contributed by atoms with E-state index < -0.39 is 0 Å². The summed E-state index contributed by atoms with van der Waals surface area (Å²) in [5, 5.41) is 0. The zero-order valence-electron chi connectivity index (χ0n) is 15.9. The number of Topliss-reactive ketones (excluding diaryl/α,β-unsaturated/α-hetero) is 1. The van der Waals surface area contributed by atoms with E-state index in [9.17, 15) is 9.18 Å². The lowest BCUT2D eigenvalue weighted by Gasteiger charge is -2.37. The summed E-state index contributed by atoms with van der Waals surface area (Å²) in [7, 11) is 2.08. The van der Waals surface area contributed by atoms with Gasteiger partial charge in [0.2, 0.25) is 0 Å². The van der Waals surface area contributed by atoms with Crippen molar-refractivity contribution in [2.75, 3.05) is 31.6 Å². The maximum Gasteiger partial charge on any atom is 0.168 e. The van der Waals surface area contributed by atoms with Gasteiger partial charge in [0.05, 0.1) is 12.1 Å². The van der Waals surface area contributed by atoms with Crippen LogP contribution < -0.4 is 4.90 Å².